The molecule has 2 aliphatic heterocycles. The first-order valence-electron chi connectivity index (χ1n) is 6.35. The maximum atomic E-state index is 5.40. The van der Waals surface area contributed by atoms with Gasteiger partial charge < -0.3 is 10.1 Å². The summed E-state index contributed by atoms with van der Waals surface area (Å²) in [5.41, 5.74) is 0.586. The Labute approximate surface area is 93.2 Å². The molecule has 15 heavy (non-hydrogen) atoms. The zero-order chi connectivity index (χ0) is 10.6. The van der Waals surface area contributed by atoms with Crippen LogP contribution in [0.5, 0.6) is 0 Å². The minimum atomic E-state index is 0.586. The fraction of sp³-hybridized carbons (Fsp3) is 1.00. The van der Waals surface area contributed by atoms with Gasteiger partial charge in [0.25, 0.3) is 0 Å². The molecule has 0 aromatic rings. The van der Waals surface area contributed by atoms with Crippen molar-refractivity contribution in [3.63, 3.8) is 0 Å². The van der Waals surface area contributed by atoms with Crippen LogP contribution in [0.3, 0.4) is 0 Å². The smallest absolute Gasteiger partial charge is 0.0594 e. The van der Waals surface area contributed by atoms with Crippen LogP contribution >= 0.6 is 0 Å². The lowest BCUT2D eigenvalue weighted by Gasteiger charge is -2.42. The maximum Gasteiger partial charge on any atom is 0.0594 e. The molecule has 3 nitrogen and oxygen atoms in total. The minimum Gasteiger partial charge on any atom is -0.379 e. The summed E-state index contributed by atoms with van der Waals surface area (Å²) in [6.45, 7) is 10.2. The summed E-state index contributed by atoms with van der Waals surface area (Å²) in [5.74, 6) is 0. The molecule has 0 aromatic heterocycles. The van der Waals surface area contributed by atoms with E-state index in [-0.39, 0.29) is 0 Å². The molecule has 0 aromatic carbocycles. The Morgan fingerprint density at radius 1 is 1.20 bits per heavy atom. The van der Waals surface area contributed by atoms with Gasteiger partial charge in [0, 0.05) is 19.6 Å². The van der Waals surface area contributed by atoms with E-state index >= 15 is 0 Å². The molecule has 0 radical (unpaired) electrons. The van der Waals surface area contributed by atoms with Crippen LogP contribution in [0.15, 0.2) is 0 Å². The molecule has 2 heterocycles. The van der Waals surface area contributed by atoms with Crippen molar-refractivity contribution in [2.24, 2.45) is 5.41 Å². The predicted molar refractivity (Wildman–Crippen MR) is 62.1 cm³/mol. The Morgan fingerprint density at radius 3 is 2.47 bits per heavy atom. The Morgan fingerprint density at radius 2 is 1.87 bits per heavy atom. The van der Waals surface area contributed by atoms with Crippen LogP contribution < -0.4 is 5.32 Å². The van der Waals surface area contributed by atoms with Crippen molar-refractivity contribution in [2.45, 2.75) is 26.2 Å². The van der Waals surface area contributed by atoms with E-state index in [1.54, 1.807) is 0 Å². The second-order valence-corrected chi connectivity index (χ2v) is 4.99. The summed E-state index contributed by atoms with van der Waals surface area (Å²) in [6.07, 6.45) is 4.02. The van der Waals surface area contributed by atoms with E-state index in [0.717, 1.165) is 26.3 Å². The molecule has 0 spiro atoms. The van der Waals surface area contributed by atoms with Gasteiger partial charge in [0.05, 0.1) is 13.2 Å². The van der Waals surface area contributed by atoms with Crippen molar-refractivity contribution in [2.75, 3.05) is 45.9 Å². The molecule has 0 unspecified atom stereocenters. The van der Waals surface area contributed by atoms with E-state index < -0.39 is 0 Å². The van der Waals surface area contributed by atoms with Crippen LogP contribution in [0.25, 0.3) is 0 Å². The molecule has 2 aliphatic rings. The largest absolute Gasteiger partial charge is 0.379 e. The van der Waals surface area contributed by atoms with Gasteiger partial charge in [-0.05, 0) is 37.8 Å². The quantitative estimate of drug-likeness (QED) is 0.758. The molecule has 3 heteroatoms. The van der Waals surface area contributed by atoms with E-state index in [2.05, 4.69) is 17.1 Å². The van der Waals surface area contributed by atoms with Gasteiger partial charge >= 0.3 is 0 Å². The number of nitrogens with one attached hydrogen (secondary N) is 1. The first-order valence-corrected chi connectivity index (χ1v) is 6.35. The molecule has 88 valence electrons. The van der Waals surface area contributed by atoms with Gasteiger partial charge in [-0.2, -0.15) is 0 Å². The van der Waals surface area contributed by atoms with Crippen molar-refractivity contribution >= 4 is 0 Å². The second-order valence-electron chi connectivity index (χ2n) is 4.99. The lowest BCUT2D eigenvalue weighted by molar-refractivity contribution is 0.00777. The third kappa shape index (κ3) is 2.92. The van der Waals surface area contributed by atoms with Crippen molar-refractivity contribution in [1.29, 1.82) is 0 Å². The van der Waals surface area contributed by atoms with Gasteiger partial charge in [0.2, 0.25) is 0 Å². The van der Waals surface area contributed by atoms with Gasteiger partial charge in [-0.1, -0.05) is 6.92 Å². The first kappa shape index (κ1) is 11.4. The third-order valence-electron chi connectivity index (χ3n) is 4.08. The van der Waals surface area contributed by atoms with Crippen LogP contribution in [-0.4, -0.2) is 50.8 Å². The Balaban J connectivity index is 1.87. The predicted octanol–water partition coefficient (Wildman–Crippen LogP) is 1.10. The van der Waals surface area contributed by atoms with Crippen LogP contribution in [0.1, 0.15) is 26.2 Å². The molecule has 0 amide bonds. The van der Waals surface area contributed by atoms with E-state index in [4.69, 9.17) is 4.74 Å². The fourth-order valence-corrected chi connectivity index (χ4v) is 2.81. The highest BCUT2D eigenvalue weighted by Gasteiger charge is 2.32. The van der Waals surface area contributed by atoms with Gasteiger partial charge in [-0.15, -0.1) is 0 Å². The Hall–Kier alpha value is -0.120. The summed E-state index contributed by atoms with van der Waals surface area (Å²) in [7, 11) is 0. The highest BCUT2D eigenvalue weighted by Crippen LogP contribution is 2.33. The van der Waals surface area contributed by atoms with Gasteiger partial charge in [-0.25, -0.2) is 0 Å². The SMILES string of the molecule is CCC1(CN2CCOCC2)CCNCC1. The number of piperidine rings is 1. The van der Waals surface area contributed by atoms with Crippen molar-refractivity contribution in [1.82, 2.24) is 10.2 Å². The maximum absolute atomic E-state index is 5.40. The molecule has 0 bridgehead atoms. The number of ether oxygens (including phenoxy) is 1. The standard InChI is InChI=1S/C12H24N2O/c1-2-12(3-5-13-6-4-12)11-14-7-9-15-10-8-14/h13H,2-11H2,1H3. The van der Waals surface area contributed by atoms with E-state index in [1.165, 1.54) is 38.9 Å². The molecule has 0 aliphatic carbocycles. The van der Waals surface area contributed by atoms with Gasteiger partial charge in [-0.3, -0.25) is 4.90 Å². The normalized spacial score (nSPS) is 27.8. The summed E-state index contributed by atoms with van der Waals surface area (Å²) >= 11 is 0. The number of hydrogen-bond donors (Lipinski definition) is 1. The molecular formula is C12H24N2O. The number of rotatable bonds is 3. The van der Waals surface area contributed by atoms with Crippen LogP contribution in [-0.2, 0) is 4.74 Å². The molecule has 2 saturated heterocycles. The van der Waals surface area contributed by atoms with E-state index in [0.29, 0.717) is 5.41 Å². The van der Waals surface area contributed by atoms with Crippen molar-refractivity contribution < 1.29 is 4.74 Å². The zero-order valence-corrected chi connectivity index (χ0v) is 9.93. The lowest BCUT2D eigenvalue weighted by atomic mass is 9.76. The van der Waals surface area contributed by atoms with Crippen LogP contribution in [0.2, 0.25) is 0 Å². The minimum absolute atomic E-state index is 0.586. The van der Waals surface area contributed by atoms with Crippen molar-refractivity contribution in [3.05, 3.63) is 0 Å². The highest BCUT2D eigenvalue weighted by atomic mass is 16.5. The monoisotopic (exact) mass is 212 g/mol. The molecule has 0 saturated carbocycles. The first-order chi connectivity index (χ1) is 7.35. The molecule has 1 N–H and O–H groups in total. The second kappa shape index (κ2) is 5.28. The van der Waals surface area contributed by atoms with E-state index in [1.807, 2.05) is 0 Å². The topological polar surface area (TPSA) is 24.5 Å². The van der Waals surface area contributed by atoms with Crippen molar-refractivity contribution in [3.8, 4) is 0 Å². The summed E-state index contributed by atoms with van der Waals surface area (Å²) in [6, 6.07) is 0. The fourth-order valence-electron chi connectivity index (χ4n) is 2.81. The number of morpholine rings is 1. The molecule has 2 fully saturated rings. The van der Waals surface area contributed by atoms with Crippen LogP contribution in [0.4, 0.5) is 0 Å². The number of nitrogens with zero attached hydrogens (tertiary/aromatic N) is 1. The third-order valence-corrected chi connectivity index (χ3v) is 4.08. The summed E-state index contributed by atoms with van der Waals surface area (Å²) in [4.78, 5) is 2.60. The van der Waals surface area contributed by atoms with Crippen LogP contribution in [0, 0.1) is 5.41 Å². The zero-order valence-electron chi connectivity index (χ0n) is 9.93. The number of hydrogen-bond acceptors (Lipinski definition) is 3. The van der Waals surface area contributed by atoms with Gasteiger partial charge in [0.1, 0.15) is 0 Å². The van der Waals surface area contributed by atoms with Gasteiger partial charge in [0.15, 0.2) is 0 Å². The Bertz CT molecular complexity index is 184. The molecule has 2 rings (SSSR count). The summed E-state index contributed by atoms with van der Waals surface area (Å²) < 4.78 is 5.40. The summed E-state index contributed by atoms with van der Waals surface area (Å²) in [5, 5.41) is 3.47. The molecule has 0 atom stereocenters. The average Bonchev–Trinajstić information content (AvgIpc) is 2.32. The molecular weight excluding hydrogens is 188 g/mol. The average molecular weight is 212 g/mol. The lowest BCUT2D eigenvalue weighted by Crippen LogP contribution is -2.47. The Kier molecular flexibility index (Phi) is 4.00. The highest BCUT2D eigenvalue weighted by molar-refractivity contribution is 4.86. The van der Waals surface area contributed by atoms with E-state index in [9.17, 15) is 0 Å².